The van der Waals surface area contributed by atoms with Crippen molar-refractivity contribution < 1.29 is 4.74 Å². The van der Waals surface area contributed by atoms with Gasteiger partial charge in [0.05, 0.1) is 16.5 Å². The molecule has 0 aliphatic rings. The van der Waals surface area contributed by atoms with Crippen molar-refractivity contribution >= 4 is 38.7 Å². The maximum atomic E-state index is 5.71. The van der Waals surface area contributed by atoms with Crippen LogP contribution in [0, 0.1) is 0 Å². The Kier molecular flexibility index (Phi) is 4.63. The summed E-state index contributed by atoms with van der Waals surface area (Å²) in [5.41, 5.74) is 1.88. The predicted molar refractivity (Wildman–Crippen MR) is 90.5 cm³/mol. The number of nitrogens with one attached hydrogen (secondary N) is 1. The van der Waals surface area contributed by atoms with Gasteiger partial charge in [-0.1, -0.05) is 6.92 Å². The first-order valence-electron chi connectivity index (χ1n) is 7.01. The number of aromatic nitrogens is 4. The van der Waals surface area contributed by atoms with Crippen molar-refractivity contribution in [2.45, 2.75) is 30.3 Å². The summed E-state index contributed by atoms with van der Waals surface area (Å²) >= 11 is 5.08. The first-order chi connectivity index (χ1) is 10.7. The smallest absolute Gasteiger partial charge is 0.228 e. The average Bonchev–Trinajstić information content (AvgIpc) is 2.85. The number of halogens is 1. The Morgan fingerprint density at radius 1 is 1.32 bits per heavy atom. The molecule has 0 saturated heterocycles. The monoisotopic (exact) mass is 378 g/mol. The Balaban J connectivity index is 2.08. The van der Waals surface area contributed by atoms with Crippen LogP contribution in [0.3, 0.4) is 0 Å². The minimum Gasteiger partial charge on any atom is -0.477 e. The summed E-state index contributed by atoms with van der Waals surface area (Å²) in [4.78, 5) is 17.6. The Morgan fingerprint density at radius 2 is 2.18 bits per heavy atom. The third-order valence-electron chi connectivity index (χ3n) is 3.09. The van der Waals surface area contributed by atoms with E-state index in [4.69, 9.17) is 4.74 Å². The predicted octanol–water partition coefficient (Wildman–Crippen LogP) is 4.23. The molecule has 0 aromatic carbocycles. The second-order valence-electron chi connectivity index (χ2n) is 4.53. The van der Waals surface area contributed by atoms with Gasteiger partial charge in [-0.2, -0.15) is 4.98 Å². The van der Waals surface area contributed by atoms with Crippen LogP contribution in [0.2, 0.25) is 0 Å². The average molecular weight is 379 g/mol. The molecule has 0 bridgehead atoms. The highest BCUT2D eigenvalue weighted by molar-refractivity contribution is 9.10. The molecule has 3 heterocycles. The first-order valence-corrected chi connectivity index (χ1v) is 8.62. The minimum absolute atomic E-state index is 0.558. The van der Waals surface area contributed by atoms with E-state index in [1.165, 1.54) is 11.8 Å². The highest BCUT2D eigenvalue weighted by atomic mass is 79.9. The van der Waals surface area contributed by atoms with Gasteiger partial charge in [-0.3, -0.25) is 4.98 Å². The van der Waals surface area contributed by atoms with Gasteiger partial charge in [0.2, 0.25) is 5.88 Å². The Bertz CT molecular complexity index is 791. The van der Waals surface area contributed by atoms with E-state index in [0.29, 0.717) is 17.6 Å². The standard InChI is InChI=1S/C15H15BrN4OS/c1-3-10-12(16)11-13(18-10)19-15(20-14(11)21-4-2)22-9-6-5-7-17-8-9/h5-8H,3-4H2,1-2H3,(H,18,19,20). The first kappa shape index (κ1) is 15.3. The number of H-pyrrole nitrogens is 1. The maximum absolute atomic E-state index is 5.71. The summed E-state index contributed by atoms with van der Waals surface area (Å²) in [7, 11) is 0. The molecule has 1 N–H and O–H groups in total. The Morgan fingerprint density at radius 3 is 2.86 bits per heavy atom. The molecule has 0 spiro atoms. The number of rotatable bonds is 5. The quantitative estimate of drug-likeness (QED) is 0.673. The maximum Gasteiger partial charge on any atom is 0.228 e. The largest absolute Gasteiger partial charge is 0.477 e. The summed E-state index contributed by atoms with van der Waals surface area (Å²) in [5.74, 6) is 0.599. The molecule has 0 aliphatic heterocycles. The number of fused-ring (bicyclic) bond motifs is 1. The van der Waals surface area contributed by atoms with Gasteiger partial charge in [-0.15, -0.1) is 0 Å². The molecule has 0 fully saturated rings. The molecule has 0 saturated carbocycles. The lowest BCUT2D eigenvalue weighted by Crippen LogP contribution is -1.98. The zero-order valence-corrected chi connectivity index (χ0v) is 14.7. The van der Waals surface area contributed by atoms with Gasteiger partial charge in [0.25, 0.3) is 0 Å². The molecule has 3 rings (SSSR count). The van der Waals surface area contributed by atoms with Crippen molar-refractivity contribution in [1.82, 2.24) is 19.9 Å². The summed E-state index contributed by atoms with van der Waals surface area (Å²) in [6.45, 7) is 4.60. The molecule has 114 valence electrons. The fraction of sp³-hybridized carbons (Fsp3) is 0.267. The second kappa shape index (κ2) is 6.66. The number of aryl methyl sites for hydroxylation is 1. The molecule has 0 radical (unpaired) electrons. The van der Waals surface area contributed by atoms with E-state index in [9.17, 15) is 0 Å². The summed E-state index contributed by atoms with van der Waals surface area (Å²) in [5, 5.41) is 1.54. The normalized spacial score (nSPS) is 11.0. The fourth-order valence-corrected chi connectivity index (χ4v) is 3.57. The summed E-state index contributed by atoms with van der Waals surface area (Å²) < 4.78 is 6.68. The number of aromatic amines is 1. The molecule has 3 aromatic heterocycles. The number of nitrogens with zero attached hydrogens (tertiary/aromatic N) is 3. The molecule has 7 heteroatoms. The van der Waals surface area contributed by atoms with Crippen LogP contribution in [-0.4, -0.2) is 26.5 Å². The van der Waals surface area contributed by atoms with Gasteiger partial charge in [0.1, 0.15) is 5.65 Å². The van der Waals surface area contributed by atoms with Gasteiger partial charge in [-0.05, 0) is 53.2 Å². The molecule has 0 atom stereocenters. The SMILES string of the molecule is CCOc1nc(Sc2cccnc2)nc2[nH]c(CC)c(Br)c12. The highest BCUT2D eigenvalue weighted by Gasteiger charge is 2.17. The molecular weight excluding hydrogens is 364 g/mol. The highest BCUT2D eigenvalue weighted by Crippen LogP contribution is 2.36. The third kappa shape index (κ3) is 2.96. The molecule has 0 unspecified atom stereocenters. The van der Waals surface area contributed by atoms with Crippen LogP contribution in [0.4, 0.5) is 0 Å². The second-order valence-corrected chi connectivity index (χ2v) is 6.36. The molecule has 22 heavy (non-hydrogen) atoms. The number of pyridine rings is 1. The van der Waals surface area contributed by atoms with Crippen molar-refractivity contribution in [3.05, 3.63) is 34.7 Å². The van der Waals surface area contributed by atoms with Crippen molar-refractivity contribution in [3.63, 3.8) is 0 Å². The van der Waals surface area contributed by atoms with Gasteiger partial charge >= 0.3 is 0 Å². The van der Waals surface area contributed by atoms with Crippen molar-refractivity contribution in [1.29, 1.82) is 0 Å². The van der Waals surface area contributed by atoms with E-state index in [-0.39, 0.29) is 0 Å². The van der Waals surface area contributed by atoms with Gasteiger partial charge in [0, 0.05) is 23.0 Å². The van der Waals surface area contributed by atoms with Crippen LogP contribution in [0.15, 0.2) is 39.1 Å². The summed E-state index contributed by atoms with van der Waals surface area (Å²) in [6, 6.07) is 3.87. The van der Waals surface area contributed by atoms with Gasteiger partial charge < -0.3 is 9.72 Å². The topological polar surface area (TPSA) is 63.7 Å². The lowest BCUT2D eigenvalue weighted by atomic mass is 10.3. The van der Waals surface area contributed by atoms with Crippen LogP contribution < -0.4 is 4.74 Å². The third-order valence-corrected chi connectivity index (χ3v) is 4.80. The van der Waals surface area contributed by atoms with Gasteiger partial charge in [-0.25, -0.2) is 4.98 Å². The fourth-order valence-electron chi connectivity index (χ4n) is 2.10. The lowest BCUT2D eigenvalue weighted by Gasteiger charge is -2.06. The number of ether oxygens (including phenoxy) is 1. The molecule has 5 nitrogen and oxygen atoms in total. The Hall–Kier alpha value is -1.60. The van der Waals surface area contributed by atoms with E-state index in [2.05, 4.69) is 42.8 Å². The van der Waals surface area contributed by atoms with Crippen LogP contribution in [-0.2, 0) is 6.42 Å². The van der Waals surface area contributed by atoms with Crippen molar-refractivity contribution in [2.75, 3.05) is 6.61 Å². The van der Waals surface area contributed by atoms with Crippen LogP contribution in [0.25, 0.3) is 11.0 Å². The molecule has 3 aromatic rings. The van der Waals surface area contributed by atoms with E-state index in [1.54, 1.807) is 12.4 Å². The van der Waals surface area contributed by atoms with E-state index in [0.717, 1.165) is 32.5 Å². The van der Waals surface area contributed by atoms with E-state index in [1.807, 2.05) is 19.1 Å². The minimum atomic E-state index is 0.558. The zero-order valence-electron chi connectivity index (χ0n) is 12.3. The molecule has 0 aliphatic carbocycles. The number of hydrogen-bond donors (Lipinski definition) is 1. The van der Waals surface area contributed by atoms with Crippen molar-refractivity contribution in [2.24, 2.45) is 0 Å². The van der Waals surface area contributed by atoms with Crippen LogP contribution in [0.5, 0.6) is 5.88 Å². The Labute approximate surface area is 141 Å². The van der Waals surface area contributed by atoms with E-state index >= 15 is 0 Å². The van der Waals surface area contributed by atoms with E-state index < -0.39 is 0 Å². The van der Waals surface area contributed by atoms with Crippen molar-refractivity contribution in [3.8, 4) is 5.88 Å². The van der Waals surface area contributed by atoms with Crippen LogP contribution >= 0.6 is 27.7 Å². The van der Waals surface area contributed by atoms with Crippen LogP contribution in [0.1, 0.15) is 19.5 Å². The lowest BCUT2D eigenvalue weighted by molar-refractivity contribution is 0.328. The molecular formula is C15H15BrN4OS. The summed E-state index contributed by atoms with van der Waals surface area (Å²) in [6.07, 6.45) is 4.42. The van der Waals surface area contributed by atoms with Gasteiger partial charge in [0.15, 0.2) is 5.16 Å². The number of hydrogen-bond acceptors (Lipinski definition) is 5. The zero-order chi connectivity index (χ0) is 15.5. The molecule has 0 amide bonds.